The van der Waals surface area contributed by atoms with E-state index in [4.69, 9.17) is 9.47 Å². The maximum Gasteiger partial charge on any atom is 0.407 e. The van der Waals surface area contributed by atoms with Gasteiger partial charge in [0.05, 0.1) is 11.7 Å². The Morgan fingerprint density at radius 3 is 2.17 bits per heavy atom. The third-order valence-corrected chi connectivity index (χ3v) is 12.0. The Labute approximate surface area is 304 Å². The van der Waals surface area contributed by atoms with Crippen LogP contribution in [0.4, 0.5) is 4.79 Å². The summed E-state index contributed by atoms with van der Waals surface area (Å²) in [6.07, 6.45) is 0.674. The van der Waals surface area contributed by atoms with Gasteiger partial charge in [-0.05, 0) is 92.9 Å². The molecule has 5 aliphatic rings. The standard InChI is InChI=1S/C40H50N4O8/c1-21(52-38(2,3)4)31(42-37(50)51-20-27-25-13-9-7-11-23(25)24-12-8-10-14-26(24)27)35(47)44-19-28-30(39(28,5)6)32(44)34(46)41-29(36(48)49)17-22-18-40(15-16-40)43-33(22)45/h7-14,21-22,27-32H,15-20H2,1-6H3,(H,41,46)(H,42,50)(H,43,45)(H,48,49)/t21-,22+,28-,29-,30-,31-,32-/m0/s1. The van der Waals surface area contributed by atoms with Crippen LogP contribution in [0.1, 0.15) is 84.3 Å². The lowest BCUT2D eigenvalue weighted by Crippen LogP contribution is -2.60. The minimum absolute atomic E-state index is 0.0137. The molecule has 0 bridgehead atoms. The van der Waals surface area contributed by atoms with Crippen LogP contribution in [-0.4, -0.2) is 88.3 Å². The Kier molecular flexibility index (Phi) is 8.91. The van der Waals surface area contributed by atoms with Crippen molar-refractivity contribution >= 4 is 29.8 Å². The second kappa shape index (κ2) is 12.9. The highest BCUT2D eigenvalue weighted by molar-refractivity contribution is 5.95. The highest BCUT2D eigenvalue weighted by Crippen LogP contribution is 2.65. The fourth-order valence-corrected chi connectivity index (χ4v) is 9.18. The Morgan fingerprint density at radius 2 is 1.62 bits per heavy atom. The van der Waals surface area contributed by atoms with Crippen molar-refractivity contribution in [2.24, 2.45) is 23.2 Å². The number of nitrogens with one attached hydrogen (secondary N) is 3. The summed E-state index contributed by atoms with van der Waals surface area (Å²) in [5, 5.41) is 18.6. The number of benzene rings is 2. The molecule has 12 heteroatoms. The van der Waals surface area contributed by atoms with Crippen molar-refractivity contribution in [3.05, 3.63) is 59.7 Å². The lowest BCUT2D eigenvalue weighted by Gasteiger charge is -2.36. The summed E-state index contributed by atoms with van der Waals surface area (Å²) < 4.78 is 12.0. The Bertz CT molecular complexity index is 1750. The highest BCUT2D eigenvalue weighted by atomic mass is 16.6. The van der Waals surface area contributed by atoms with E-state index in [0.29, 0.717) is 6.42 Å². The molecule has 7 atom stereocenters. The summed E-state index contributed by atoms with van der Waals surface area (Å²) >= 11 is 0. The lowest BCUT2D eigenvalue weighted by atomic mass is 9.94. The van der Waals surface area contributed by atoms with E-state index in [9.17, 15) is 29.1 Å². The van der Waals surface area contributed by atoms with E-state index in [-0.39, 0.29) is 54.2 Å². The number of piperidine rings is 1. The third kappa shape index (κ3) is 6.66. The van der Waals surface area contributed by atoms with Crippen LogP contribution < -0.4 is 16.0 Å². The lowest BCUT2D eigenvalue weighted by molar-refractivity contribution is -0.149. The molecule has 3 aliphatic carbocycles. The van der Waals surface area contributed by atoms with Crippen molar-refractivity contribution in [3.63, 3.8) is 0 Å². The van der Waals surface area contributed by atoms with E-state index in [1.807, 2.05) is 71.0 Å². The topological polar surface area (TPSA) is 163 Å². The average Bonchev–Trinajstić information content (AvgIpc) is 3.71. The van der Waals surface area contributed by atoms with Crippen molar-refractivity contribution in [1.29, 1.82) is 0 Å². The molecule has 4 amide bonds. The molecular formula is C40H50N4O8. The van der Waals surface area contributed by atoms with Crippen molar-refractivity contribution in [1.82, 2.24) is 20.9 Å². The quantitative estimate of drug-likeness (QED) is 0.269. The molecule has 4 fully saturated rings. The number of carbonyl (C=O) groups excluding carboxylic acids is 4. The minimum Gasteiger partial charge on any atom is -0.480 e. The van der Waals surface area contributed by atoms with Crippen molar-refractivity contribution in [2.75, 3.05) is 13.2 Å². The summed E-state index contributed by atoms with van der Waals surface area (Å²) in [5.41, 5.74) is 3.17. The van der Waals surface area contributed by atoms with Gasteiger partial charge in [0.2, 0.25) is 17.7 Å². The van der Waals surface area contributed by atoms with Crippen LogP contribution in [0.3, 0.4) is 0 Å². The number of hydrogen-bond acceptors (Lipinski definition) is 7. The van der Waals surface area contributed by atoms with Crippen LogP contribution in [0.15, 0.2) is 48.5 Å². The van der Waals surface area contributed by atoms with E-state index in [2.05, 4.69) is 28.1 Å². The molecule has 0 radical (unpaired) electrons. The number of carboxylic acids is 1. The summed E-state index contributed by atoms with van der Waals surface area (Å²) in [7, 11) is 0. The zero-order valence-corrected chi connectivity index (χ0v) is 30.7. The van der Waals surface area contributed by atoms with Crippen LogP contribution in [0.2, 0.25) is 0 Å². The second-order valence-corrected chi connectivity index (χ2v) is 17.1. The molecule has 278 valence electrons. The van der Waals surface area contributed by atoms with Crippen molar-refractivity contribution < 1.29 is 38.6 Å². The normalized spacial score (nSPS) is 26.3. The van der Waals surface area contributed by atoms with Gasteiger partial charge in [-0.3, -0.25) is 14.4 Å². The number of rotatable bonds is 11. The zero-order valence-electron chi connectivity index (χ0n) is 30.7. The van der Waals surface area contributed by atoms with Gasteiger partial charge >= 0.3 is 12.1 Å². The molecule has 2 aromatic rings. The number of carboxylic acid groups (broad SMARTS) is 1. The third-order valence-electron chi connectivity index (χ3n) is 12.0. The first-order valence-corrected chi connectivity index (χ1v) is 18.4. The van der Waals surface area contributed by atoms with E-state index in [1.54, 1.807) is 6.92 Å². The highest BCUT2D eigenvalue weighted by Gasteiger charge is 2.70. The zero-order chi connectivity index (χ0) is 37.3. The second-order valence-electron chi connectivity index (χ2n) is 17.1. The molecule has 2 heterocycles. The van der Waals surface area contributed by atoms with Gasteiger partial charge in [-0.1, -0.05) is 62.4 Å². The van der Waals surface area contributed by atoms with Gasteiger partial charge in [0.1, 0.15) is 24.7 Å². The maximum absolute atomic E-state index is 14.5. The number of alkyl carbamates (subject to hydrolysis) is 1. The van der Waals surface area contributed by atoms with E-state index < -0.39 is 59.6 Å². The van der Waals surface area contributed by atoms with Gasteiger partial charge in [0.15, 0.2) is 0 Å². The number of ether oxygens (including phenoxy) is 2. The van der Waals surface area contributed by atoms with Gasteiger partial charge < -0.3 is 35.4 Å². The molecule has 52 heavy (non-hydrogen) atoms. The van der Waals surface area contributed by atoms with Crippen LogP contribution in [0.5, 0.6) is 0 Å². The fraction of sp³-hybridized carbons (Fsp3) is 0.575. The number of likely N-dealkylation sites (tertiary alicyclic amines) is 1. The molecule has 2 saturated carbocycles. The summed E-state index contributed by atoms with van der Waals surface area (Å²) in [6.45, 7) is 11.7. The van der Waals surface area contributed by atoms with E-state index in [0.717, 1.165) is 35.1 Å². The van der Waals surface area contributed by atoms with Crippen molar-refractivity contribution in [3.8, 4) is 11.1 Å². The predicted octanol–water partition coefficient (Wildman–Crippen LogP) is 4.21. The van der Waals surface area contributed by atoms with Crippen LogP contribution in [-0.2, 0) is 28.7 Å². The van der Waals surface area contributed by atoms with Crippen molar-refractivity contribution in [2.45, 2.75) is 109 Å². The van der Waals surface area contributed by atoms with Gasteiger partial charge in [0, 0.05) is 23.9 Å². The van der Waals surface area contributed by atoms with Gasteiger partial charge in [-0.25, -0.2) is 9.59 Å². The average molecular weight is 715 g/mol. The van der Waals surface area contributed by atoms with Crippen LogP contribution >= 0.6 is 0 Å². The summed E-state index contributed by atoms with van der Waals surface area (Å²) in [6, 6.07) is 12.6. The minimum atomic E-state index is -1.30. The number of nitrogens with zero attached hydrogens (tertiary/aromatic N) is 1. The number of amides is 4. The summed E-state index contributed by atoms with van der Waals surface area (Å²) in [4.78, 5) is 68.7. The molecule has 0 unspecified atom stereocenters. The molecule has 0 aromatic heterocycles. The molecule has 12 nitrogen and oxygen atoms in total. The maximum atomic E-state index is 14.5. The molecule has 2 saturated heterocycles. The van der Waals surface area contributed by atoms with E-state index in [1.165, 1.54) is 4.90 Å². The van der Waals surface area contributed by atoms with Crippen LogP contribution in [0.25, 0.3) is 11.1 Å². The largest absolute Gasteiger partial charge is 0.480 e. The van der Waals surface area contributed by atoms with Gasteiger partial charge in [-0.15, -0.1) is 0 Å². The summed E-state index contributed by atoms with van der Waals surface area (Å²) in [5.74, 6) is -3.39. The predicted molar refractivity (Wildman–Crippen MR) is 191 cm³/mol. The smallest absolute Gasteiger partial charge is 0.407 e. The first-order chi connectivity index (χ1) is 24.5. The first kappa shape index (κ1) is 35.9. The number of hydrogen-bond donors (Lipinski definition) is 4. The number of carbonyl (C=O) groups is 5. The number of fused-ring (bicyclic) bond motifs is 4. The molecular weight excluding hydrogens is 664 g/mol. The fourth-order valence-electron chi connectivity index (χ4n) is 9.18. The first-order valence-electron chi connectivity index (χ1n) is 18.4. The molecule has 1 spiro atoms. The molecule has 4 N–H and O–H groups in total. The Balaban J connectivity index is 1.08. The SMILES string of the molecule is C[C@H](OC(C)(C)C)[C@H](NC(=O)OCC1c2ccccc2-c2ccccc21)C(=O)N1C[C@H]2[C@@H]([C@H]1C(=O)N[C@@H](C[C@@H]1CC3(CC3)NC1=O)C(=O)O)C2(C)C. The van der Waals surface area contributed by atoms with Gasteiger partial charge in [-0.2, -0.15) is 0 Å². The molecule has 7 rings (SSSR count). The number of aliphatic carboxylic acids is 1. The Morgan fingerprint density at radius 1 is 1.00 bits per heavy atom. The monoisotopic (exact) mass is 714 g/mol. The Hall–Kier alpha value is -4.45. The molecule has 2 aromatic carbocycles. The van der Waals surface area contributed by atoms with Crippen LogP contribution in [0, 0.1) is 23.2 Å². The van der Waals surface area contributed by atoms with Gasteiger partial charge in [0.25, 0.3) is 0 Å². The molecule has 2 aliphatic heterocycles. The van der Waals surface area contributed by atoms with E-state index >= 15 is 0 Å².